The first-order valence-electron chi connectivity index (χ1n) is 5.41. The molecule has 4 heteroatoms. The Labute approximate surface area is 100 Å². The molecule has 0 aliphatic heterocycles. The van der Waals surface area contributed by atoms with Crippen LogP contribution in [-0.4, -0.2) is 34.2 Å². The van der Waals surface area contributed by atoms with E-state index in [2.05, 4.69) is 4.98 Å². The number of fused-ring (bicyclic) bond motifs is 1. The summed E-state index contributed by atoms with van der Waals surface area (Å²) in [6, 6.07) is 5.76. The fraction of sp³-hybridized carbons (Fsp3) is 0.231. The molecule has 0 saturated heterocycles. The van der Waals surface area contributed by atoms with Crippen molar-refractivity contribution in [3.05, 3.63) is 42.5 Å². The maximum atomic E-state index is 11.7. The van der Waals surface area contributed by atoms with Crippen LogP contribution in [0.25, 0.3) is 11.2 Å². The zero-order chi connectivity index (χ0) is 12.4. The van der Waals surface area contributed by atoms with Gasteiger partial charge >= 0.3 is 0 Å². The van der Waals surface area contributed by atoms with Crippen LogP contribution in [0.4, 0.5) is 0 Å². The molecule has 2 heterocycles. The van der Waals surface area contributed by atoms with E-state index in [0.29, 0.717) is 5.57 Å². The molecule has 0 amide bonds. The molecule has 0 aliphatic carbocycles. The molecule has 0 spiro atoms. The van der Waals surface area contributed by atoms with Gasteiger partial charge in [0.2, 0.25) is 0 Å². The molecule has 0 saturated carbocycles. The first-order chi connectivity index (χ1) is 8.09. The third-order valence-corrected chi connectivity index (χ3v) is 2.46. The Morgan fingerprint density at radius 2 is 2.18 bits per heavy atom. The topological polar surface area (TPSA) is 37.6 Å². The number of aromatic nitrogens is 2. The van der Waals surface area contributed by atoms with Gasteiger partial charge in [0.25, 0.3) is 0 Å². The van der Waals surface area contributed by atoms with Crippen LogP contribution in [0.3, 0.4) is 0 Å². The second kappa shape index (κ2) is 4.41. The normalized spacial score (nSPS) is 11.8. The second-order valence-corrected chi connectivity index (χ2v) is 4.13. The maximum Gasteiger partial charge on any atom is 0.163 e. The van der Waals surface area contributed by atoms with E-state index < -0.39 is 0 Å². The average Bonchev–Trinajstić information content (AvgIpc) is 2.69. The Bertz CT molecular complexity index is 581. The lowest BCUT2D eigenvalue weighted by Gasteiger charge is -2.09. The molecule has 17 heavy (non-hydrogen) atoms. The van der Waals surface area contributed by atoms with E-state index >= 15 is 0 Å². The van der Waals surface area contributed by atoms with Crippen LogP contribution in [0.1, 0.15) is 12.6 Å². The Balaban J connectivity index is 2.61. The first-order valence-corrected chi connectivity index (χ1v) is 5.41. The van der Waals surface area contributed by atoms with E-state index in [1.165, 1.54) is 0 Å². The van der Waals surface area contributed by atoms with Crippen molar-refractivity contribution in [1.82, 2.24) is 14.3 Å². The van der Waals surface area contributed by atoms with Crippen molar-refractivity contribution < 1.29 is 4.79 Å². The minimum Gasteiger partial charge on any atom is -0.383 e. The molecular weight excluding hydrogens is 214 g/mol. The predicted octanol–water partition coefficient (Wildman–Crippen LogP) is 1.83. The zero-order valence-electron chi connectivity index (χ0n) is 10.2. The predicted molar refractivity (Wildman–Crippen MR) is 67.5 cm³/mol. The fourth-order valence-corrected chi connectivity index (χ4v) is 1.73. The van der Waals surface area contributed by atoms with E-state index in [1.54, 1.807) is 13.1 Å². The van der Waals surface area contributed by atoms with Gasteiger partial charge in [0.05, 0.1) is 17.5 Å². The summed E-state index contributed by atoms with van der Waals surface area (Å²) in [4.78, 5) is 17.8. The van der Waals surface area contributed by atoms with E-state index in [1.807, 2.05) is 54.0 Å². The number of nitrogens with zero attached hydrogens (tertiary/aromatic N) is 3. The summed E-state index contributed by atoms with van der Waals surface area (Å²) in [6.45, 7) is 1.57. The first kappa shape index (κ1) is 11.4. The Morgan fingerprint density at radius 1 is 1.41 bits per heavy atom. The van der Waals surface area contributed by atoms with E-state index in [4.69, 9.17) is 0 Å². The van der Waals surface area contributed by atoms with Crippen LogP contribution in [0.5, 0.6) is 0 Å². The summed E-state index contributed by atoms with van der Waals surface area (Å²) in [5, 5.41) is 0. The molecule has 0 unspecified atom stereocenters. The SMILES string of the molecule is CC(=O)/C(=C\N(C)C)c1cnc2ccccn12. The number of ketones is 1. The largest absolute Gasteiger partial charge is 0.383 e. The quantitative estimate of drug-likeness (QED) is 0.753. The van der Waals surface area contributed by atoms with Crippen molar-refractivity contribution >= 4 is 17.0 Å². The van der Waals surface area contributed by atoms with Gasteiger partial charge < -0.3 is 4.90 Å². The second-order valence-electron chi connectivity index (χ2n) is 4.13. The van der Waals surface area contributed by atoms with E-state index in [0.717, 1.165) is 11.3 Å². The minimum absolute atomic E-state index is 0.0318. The van der Waals surface area contributed by atoms with Crippen LogP contribution in [0, 0.1) is 0 Å². The van der Waals surface area contributed by atoms with Crippen LogP contribution < -0.4 is 0 Å². The van der Waals surface area contributed by atoms with Gasteiger partial charge in [-0.25, -0.2) is 4.98 Å². The van der Waals surface area contributed by atoms with Gasteiger partial charge in [0.15, 0.2) is 5.78 Å². The van der Waals surface area contributed by atoms with Gasteiger partial charge in [-0.15, -0.1) is 0 Å². The molecule has 0 aliphatic rings. The van der Waals surface area contributed by atoms with Crippen molar-refractivity contribution in [2.75, 3.05) is 14.1 Å². The highest BCUT2D eigenvalue weighted by atomic mass is 16.1. The molecule has 2 aromatic rings. The Morgan fingerprint density at radius 3 is 2.82 bits per heavy atom. The van der Waals surface area contributed by atoms with Crippen LogP contribution in [-0.2, 0) is 4.79 Å². The van der Waals surface area contributed by atoms with E-state index in [9.17, 15) is 4.79 Å². The van der Waals surface area contributed by atoms with Crippen LogP contribution in [0.2, 0.25) is 0 Å². The lowest BCUT2D eigenvalue weighted by molar-refractivity contribution is -0.111. The van der Waals surface area contributed by atoms with Crippen molar-refractivity contribution in [2.24, 2.45) is 0 Å². The van der Waals surface area contributed by atoms with Gasteiger partial charge in [-0.3, -0.25) is 9.20 Å². The van der Waals surface area contributed by atoms with Crippen LogP contribution >= 0.6 is 0 Å². The Hall–Kier alpha value is -2.10. The summed E-state index contributed by atoms with van der Waals surface area (Å²) in [5.41, 5.74) is 2.32. The number of allylic oxidation sites excluding steroid dienone is 1. The number of pyridine rings is 1. The number of rotatable bonds is 3. The highest BCUT2D eigenvalue weighted by Crippen LogP contribution is 2.17. The van der Waals surface area contributed by atoms with E-state index in [-0.39, 0.29) is 5.78 Å². The number of carbonyl (C=O) groups excluding carboxylic acids is 1. The highest BCUT2D eigenvalue weighted by Gasteiger charge is 2.12. The van der Waals surface area contributed by atoms with Gasteiger partial charge in [0.1, 0.15) is 5.65 Å². The molecule has 88 valence electrons. The summed E-state index contributed by atoms with van der Waals surface area (Å²) < 4.78 is 1.91. The van der Waals surface area contributed by atoms with Crippen molar-refractivity contribution in [1.29, 1.82) is 0 Å². The number of hydrogen-bond donors (Lipinski definition) is 0. The summed E-state index contributed by atoms with van der Waals surface area (Å²) in [7, 11) is 3.79. The zero-order valence-corrected chi connectivity index (χ0v) is 10.2. The maximum absolute atomic E-state index is 11.7. The van der Waals surface area contributed by atoms with Crippen molar-refractivity contribution in [3.63, 3.8) is 0 Å². The molecule has 0 fully saturated rings. The fourth-order valence-electron chi connectivity index (χ4n) is 1.73. The van der Waals surface area contributed by atoms with Crippen LogP contribution in [0.15, 0.2) is 36.8 Å². The molecule has 0 bridgehead atoms. The number of hydrogen-bond acceptors (Lipinski definition) is 3. The highest BCUT2D eigenvalue weighted by molar-refractivity contribution is 6.19. The molecule has 2 rings (SSSR count). The lowest BCUT2D eigenvalue weighted by atomic mass is 10.1. The smallest absolute Gasteiger partial charge is 0.163 e. The van der Waals surface area contributed by atoms with Crippen molar-refractivity contribution in [3.8, 4) is 0 Å². The lowest BCUT2D eigenvalue weighted by Crippen LogP contribution is -2.08. The molecule has 4 nitrogen and oxygen atoms in total. The molecular formula is C13H15N3O. The van der Waals surface area contributed by atoms with Gasteiger partial charge in [-0.1, -0.05) is 6.07 Å². The Kier molecular flexibility index (Phi) is 2.95. The number of imidazole rings is 1. The number of Topliss-reactive ketones (excluding diaryl/α,β-unsaturated/α-hetero) is 1. The average molecular weight is 229 g/mol. The summed E-state index contributed by atoms with van der Waals surface area (Å²) in [5.74, 6) is 0.0318. The molecule has 2 aromatic heterocycles. The molecule has 0 N–H and O–H groups in total. The molecule has 0 radical (unpaired) electrons. The summed E-state index contributed by atoms with van der Waals surface area (Å²) in [6.07, 6.45) is 5.45. The molecule has 0 aromatic carbocycles. The minimum atomic E-state index is 0.0318. The van der Waals surface area contributed by atoms with Crippen molar-refractivity contribution in [2.45, 2.75) is 6.92 Å². The molecule has 0 atom stereocenters. The summed E-state index contributed by atoms with van der Waals surface area (Å²) >= 11 is 0. The standard InChI is InChI=1S/C13H15N3O/c1-10(17)11(9-15(2)3)12-8-14-13-6-4-5-7-16(12)13/h4-9H,1-3H3/b11-9+. The number of carbonyl (C=O) groups is 1. The third-order valence-electron chi connectivity index (χ3n) is 2.46. The third kappa shape index (κ3) is 2.20. The monoisotopic (exact) mass is 229 g/mol. The van der Waals surface area contributed by atoms with Gasteiger partial charge in [0, 0.05) is 26.5 Å². The van der Waals surface area contributed by atoms with Gasteiger partial charge in [-0.2, -0.15) is 0 Å². The van der Waals surface area contributed by atoms with Gasteiger partial charge in [-0.05, 0) is 19.1 Å².